The standard InChI is InChI=1S/C21H21NO4/c1-3-25-21(24)20-14(2)22-19(23)13-18(20)15-8-7-11-17(12-15)26-16-9-5-4-6-10-16/h4-12,18H,3,13H2,1-2H3,(H,22,23). The number of para-hydroxylation sites is 1. The Morgan fingerprint density at radius 3 is 2.58 bits per heavy atom. The third-order valence-electron chi connectivity index (χ3n) is 4.20. The van der Waals surface area contributed by atoms with E-state index in [4.69, 9.17) is 9.47 Å². The van der Waals surface area contributed by atoms with Gasteiger partial charge in [-0.15, -0.1) is 0 Å². The van der Waals surface area contributed by atoms with E-state index in [1.165, 1.54) is 0 Å². The van der Waals surface area contributed by atoms with E-state index in [1.807, 2.05) is 54.6 Å². The van der Waals surface area contributed by atoms with E-state index in [1.54, 1.807) is 13.8 Å². The summed E-state index contributed by atoms with van der Waals surface area (Å²) in [5.41, 5.74) is 1.87. The lowest BCUT2D eigenvalue weighted by molar-refractivity contribution is -0.139. The monoisotopic (exact) mass is 351 g/mol. The van der Waals surface area contributed by atoms with Crippen LogP contribution in [-0.2, 0) is 14.3 Å². The third-order valence-corrected chi connectivity index (χ3v) is 4.20. The van der Waals surface area contributed by atoms with Crippen molar-refractivity contribution in [1.82, 2.24) is 5.32 Å². The third kappa shape index (κ3) is 3.94. The van der Waals surface area contributed by atoms with Crippen LogP contribution in [0.5, 0.6) is 11.5 Å². The van der Waals surface area contributed by atoms with Crippen LogP contribution >= 0.6 is 0 Å². The quantitative estimate of drug-likeness (QED) is 0.829. The molecular formula is C21H21NO4. The van der Waals surface area contributed by atoms with Gasteiger partial charge in [-0.1, -0.05) is 30.3 Å². The van der Waals surface area contributed by atoms with Crippen molar-refractivity contribution < 1.29 is 19.1 Å². The highest BCUT2D eigenvalue weighted by Gasteiger charge is 2.32. The van der Waals surface area contributed by atoms with E-state index in [-0.39, 0.29) is 24.9 Å². The molecule has 5 nitrogen and oxygen atoms in total. The predicted octanol–water partition coefficient (Wildman–Crippen LogP) is 3.92. The number of nitrogens with one attached hydrogen (secondary N) is 1. The summed E-state index contributed by atoms with van der Waals surface area (Å²) in [4.78, 5) is 24.4. The second-order valence-electron chi connectivity index (χ2n) is 6.05. The molecule has 134 valence electrons. The van der Waals surface area contributed by atoms with E-state index in [0.29, 0.717) is 17.0 Å². The first-order valence-corrected chi connectivity index (χ1v) is 8.59. The molecule has 5 heteroatoms. The summed E-state index contributed by atoms with van der Waals surface area (Å²) in [6.07, 6.45) is 0.195. The van der Waals surface area contributed by atoms with Crippen molar-refractivity contribution in [3.63, 3.8) is 0 Å². The molecule has 0 saturated heterocycles. The van der Waals surface area contributed by atoms with Gasteiger partial charge in [-0.25, -0.2) is 4.79 Å². The number of ether oxygens (including phenoxy) is 2. The highest BCUT2D eigenvalue weighted by Crippen LogP contribution is 2.35. The van der Waals surface area contributed by atoms with Gasteiger partial charge in [-0.05, 0) is 43.7 Å². The Morgan fingerprint density at radius 1 is 1.12 bits per heavy atom. The molecule has 2 aromatic carbocycles. The van der Waals surface area contributed by atoms with Crippen LogP contribution in [0.25, 0.3) is 0 Å². The number of carbonyl (C=O) groups excluding carboxylic acids is 2. The van der Waals surface area contributed by atoms with Gasteiger partial charge in [0.25, 0.3) is 0 Å². The normalized spacial score (nSPS) is 16.8. The van der Waals surface area contributed by atoms with E-state index >= 15 is 0 Å². The van der Waals surface area contributed by atoms with Gasteiger partial charge in [0.1, 0.15) is 11.5 Å². The summed E-state index contributed by atoms with van der Waals surface area (Å²) in [6.45, 7) is 3.77. The maximum absolute atomic E-state index is 12.4. The van der Waals surface area contributed by atoms with Crippen LogP contribution in [0, 0.1) is 0 Å². The van der Waals surface area contributed by atoms with Gasteiger partial charge in [-0.3, -0.25) is 4.79 Å². The van der Waals surface area contributed by atoms with Gasteiger partial charge in [0.15, 0.2) is 0 Å². The van der Waals surface area contributed by atoms with Gasteiger partial charge in [-0.2, -0.15) is 0 Å². The smallest absolute Gasteiger partial charge is 0.336 e. The van der Waals surface area contributed by atoms with Gasteiger partial charge in [0.2, 0.25) is 5.91 Å². The number of allylic oxidation sites excluding steroid dienone is 1. The van der Waals surface area contributed by atoms with Gasteiger partial charge in [0, 0.05) is 18.0 Å². The molecule has 0 saturated carbocycles. The zero-order valence-electron chi connectivity index (χ0n) is 14.8. The van der Waals surface area contributed by atoms with Crippen LogP contribution in [0.15, 0.2) is 65.9 Å². The summed E-state index contributed by atoms with van der Waals surface area (Å²) in [5, 5.41) is 2.73. The van der Waals surface area contributed by atoms with Crippen molar-refractivity contribution in [2.45, 2.75) is 26.2 Å². The Kier molecular flexibility index (Phi) is 5.37. The SMILES string of the molecule is CCOC(=O)C1=C(C)NC(=O)CC1c1cccc(Oc2ccccc2)c1. The molecule has 1 heterocycles. The zero-order valence-corrected chi connectivity index (χ0v) is 14.8. The molecule has 0 aromatic heterocycles. The maximum Gasteiger partial charge on any atom is 0.336 e. The molecule has 2 aromatic rings. The average molecular weight is 351 g/mol. The fraction of sp³-hybridized carbons (Fsp3) is 0.238. The molecule has 0 radical (unpaired) electrons. The van der Waals surface area contributed by atoms with Crippen molar-refractivity contribution in [3.05, 3.63) is 71.4 Å². The average Bonchev–Trinajstić information content (AvgIpc) is 2.62. The Balaban J connectivity index is 1.93. The summed E-state index contributed by atoms with van der Waals surface area (Å²) < 4.78 is 11.1. The first kappa shape index (κ1) is 17.7. The summed E-state index contributed by atoms with van der Waals surface area (Å²) in [7, 11) is 0. The van der Waals surface area contributed by atoms with E-state index in [9.17, 15) is 9.59 Å². The van der Waals surface area contributed by atoms with Crippen LogP contribution in [0.4, 0.5) is 0 Å². The first-order chi connectivity index (χ1) is 12.6. The number of carbonyl (C=O) groups is 2. The number of hydrogen-bond donors (Lipinski definition) is 1. The first-order valence-electron chi connectivity index (χ1n) is 8.59. The summed E-state index contributed by atoms with van der Waals surface area (Å²) in [5.74, 6) is 0.505. The maximum atomic E-state index is 12.4. The van der Waals surface area contributed by atoms with Crippen LogP contribution in [0.2, 0.25) is 0 Å². The fourth-order valence-electron chi connectivity index (χ4n) is 3.08. The van der Waals surface area contributed by atoms with Crippen LogP contribution in [-0.4, -0.2) is 18.5 Å². The van der Waals surface area contributed by atoms with Gasteiger partial charge in [0.05, 0.1) is 12.2 Å². The lowest BCUT2D eigenvalue weighted by atomic mass is 9.84. The number of rotatable bonds is 5. The molecule has 1 amide bonds. The molecule has 1 aliphatic rings. The van der Waals surface area contributed by atoms with E-state index in [2.05, 4.69) is 5.32 Å². The highest BCUT2D eigenvalue weighted by atomic mass is 16.5. The molecule has 1 aliphatic heterocycles. The molecule has 0 aliphatic carbocycles. The van der Waals surface area contributed by atoms with E-state index in [0.717, 1.165) is 11.3 Å². The van der Waals surface area contributed by atoms with Gasteiger partial charge >= 0.3 is 5.97 Å². The molecule has 0 spiro atoms. The summed E-state index contributed by atoms with van der Waals surface area (Å²) in [6, 6.07) is 16.9. The minimum Gasteiger partial charge on any atom is -0.463 e. The minimum atomic E-state index is -0.399. The minimum absolute atomic E-state index is 0.116. The number of hydrogen-bond acceptors (Lipinski definition) is 4. The number of amides is 1. The molecule has 1 unspecified atom stereocenters. The molecule has 1 atom stereocenters. The van der Waals surface area contributed by atoms with Crippen molar-refractivity contribution >= 4 is 11.9 Å². The molecule has 3 rings (SSSR count). The zero-order chi connectivity index (χ0) is 18.5. The predicted molar refractivity (Wildman–Crippen MR) is 97.8 cm³/mol. The Labute approximate surface area is 152 Å². The lowest BCUT2D eigenvalue weighted by Gasteiger charge is -2.26. The molecule has 0 fully saturated rings. The van der Waals surface area contributed by atoms with Crippen LogP contribution in [0.1, 0.15) is 31.7 Å². The Hall–Kier alpha value is -3.08. The molecule has 26 heavy (non-hydrogen) atoms. The largest absolute Gasteiger partial charge is 0.463 e. The Bertz CT molecular complexity index is 842. The Morgan fingerprint density at radius 2 is 1.85 bits per heavy atom. The summed E-state index contributed by atoms with van der Waals surface area (Å²) >= 11 is 0. The number of benzene rings is 2. The lowest BCUT2D eigenvalue weighted by Crippen LogP contribution is -2.34. The fourth-order valence-corrected chi connectivity index (χ4v) is 3.08. The second kappa shape index (κ2) is 7.87. The van der Waals surface area contributed by atoms with Crippen LogP contribution in [0.3, 0.4) is 0 Å². The van der Waals surface area contributed by atoms with Gasteiger partial charge < -0.3 is 14.8 Å². The van der Waals surface area contributed by atoms with E-state index < -0.39 is 5.97 Å². The second-order valence-corrected chi connectivity index (χ2v) is 6.05. The number of esters is 1. The van der Waals surface area contributed by atoms with Crippen LogP contribution < -0.4 is 10.1 Å². The van der Waals surface area contributed by atoms with Crippen molar-refractivity contribution in [2.24, 2.45) is 0 Å². The molecular weight excluding hydrogens is 330 g/mol. The van der Waals surface area contributed by atoms with Crippen molar-refractivity contribution in [1.29, 1.82) is 0 Å². The molecule has 0 bridgehead atoms. The highest BCUT2D eigenvalue weighted by molar-refractivity contribution is 5.95. The van der Waals surface area contributed by atoms with Crippen molar-refractivity contribution in [3.8, 4) is 11.5 Å². The molecule has 1 N–H and O–H groups in total. The van der Waals surface area contributed by atoms with Crippen molar-refractivity contribution in [2.75, 3.05) is 6.61 Å². The topological polar surface area (TPSA) is 64.6 Å².